The first-order chi connectivity index (χ1) is 11.1. The van der Waals surface area contributed by atoms with E-state index in [4.69, 9.17) is 0 Å². The zero-order valence-corrected chi connectivity index (χ0v) is 16.3. The van der Waals surface area contributed by atoms with E-state index in [2.05, 4.69) is 38.3 Å². The van der Waals surface area contributed by atoms with Crippen LogP contribution in [0.25, 0.3) is 0 Å². The Labute approximate surface area is 157 Å². The lowest BCUT2D eigenvalue weighted by atomic mass is 10.1. The van der Waals surface area contributed by atoms with Crippen LogP contribution in [0.1, 0.15) is 5.56 Å². The van der Waals surface area contributed by atoms with Gasteiger partial charge in [0.15, 0.2) is 9.84 Å². The molecular formula is C17H20BrClN2O2S. The van der Waals surface area contributed by atoms with Gasteiger partial charge in [-0.3, -0.25) is 0 Å². The molecule has 1 aliphatic rings. The largest absolute Gasteiger partial charge is 0.369 e. The zero-order valence-electron chi connectivity index (χ0n) is 13.1. The van der Waals surface area contributed by atoms with E-state index in [0.717, 1.165) is 29.8 Å². The van der Waals surface area contributed by atoms with Crippen LogP contribution in [0, 0.1) is 0 Å². The minimum absolute atomic E-state index is 0. The number of anilines is 1. The molecule has 0 radical (unpaired) electrons. The van der Waals surface area contributed by atoms with E-state index >= 15 is 0 Å². The Morgan fingerprint density at radius 1 is 1.08 bits per heavy atom. The maximum Gasteiger partial charge on any atom is 0.180 e. The first-order valence-electron chi connectivity index (χ1n) is 7.58. The number of fused-ring (bicyclic) bond motifs is 1. The number of halogens is 2. The molecule has 7 heteroatoms. The van der Waals surface area contributed by atoms with Gasteiger partial charge >= 0.3 is 0 Å². The number of nitrogens with zero attached hydrogens (tertiary/aromatic N) is 1. The highest BCUT2D eigenvalue weighted by Crippen LogP contribution is 2.23. The van der Waals surface area contributed by atoms with Crippen molar-refractivity contribution in [3.8, 4) is 0 Å². The lowest BCUT2D eigenvalue weighted by Crippen LogP contribution is -2.33. The Morgan fingerprint density at radius 3 is 2.54 bits per heavy atom. The highest BCUT2D eigenvalue weighted by atomic mass is 79.9. The summed E-state index contributed by atoms with van der Waals surface area (Å²) in [6, 6.07) is 15.0. The first kappa shape index (κ1) is 19.2. The monoisotopic (exact) mass is 430 g/mol. The van der Waals surface area contributed by atoms with E-state index in [1.54, 1.807) is 24.3 Å². The molecule has 1 heterocycles. The predicted octanol–water partition coefficient (Wildman–Crippen LogP) is 3.25. The van der Waals surface area contributed by atoms with Gasteiger partial charge in [-0.25, -0.2) is 8.42 Å². The molecule has 0 spiro atoms. The molecule has 0 aliphatic carbocycles. The number of sulfone groups is 1. The third kappa shape index (κ3) is 4.51. The number of hydrogen-bond acceptors (Lipinski definition) is 4. The normalized spacial score (nSPS) is 14.5. The van der Waals surface area contributed by atoms with Gasteiger partial charge in [-0.2, -0.15) is 0 Å². The lowest BCUT2D eigenvalue weighted by molar-refractivity contribution is 0.594. The maximum atomic E-state index is 12.5. The molecule has 24 heavy (non-hydrogen) atoms. The molecule has 2 aromatic rings. The van der Waals surface area contributed by atoms with Crippen LogP contribution in [0.15, 0.2) is 57.9 Å². The summed E-state index contributed by atoms with van der Waals surface area (Å²) in [5.74, 6) is 0.114. The minimum Gasteiger partial charge on any atom is -0.369 e. The molecule has 0 fully saturated rings. The maximum absolute atomic E-state index is 12.5. The minimum atomic E-state index is -3.27. The quantitative estimate of drug-likeness (QED) is 0.807. The third-order valence-corrected chi connectivity index (χ3v) is 6.25. The van der Waals surface area contributed by atoms with E-state index in [1.807, 2.05) is 12.1 Å². The van der Waals surface area contributed by atoms with Crippen molar-refractivity contribution >= 4 is 43.9 Å². The molecule has 1 N–H and O–H groups in total. The summed E-state index contributed by atoms with van der Waals surface area (Å²) in [4.78, 5) is 2.54. The van der Waals surface area contributed by atoms with Crippen LogP contribution in [-0.4, -0.2) is 33.8 Å². The first-order valence-corrected chi connectivity index (χ1v) is 10.0. The number of benzene rings is 2. The van der Waals surface area contributed by atoms with Gasteiger partial charge in [0.05, 0.1) is 10.6 Å². The van der Waals surface area contributed by atoms with Gasteiger partial charge < -0.3 is 10.2 Å². The molecule has 3 rings (SSSR count). The molecule has 130 valence electrons. The van der Waals surface area contributed by atoms with Gasteiger partial charge in [-0.15, -0.1) is 12.4 Å². The van der Waals surface area contributed by atoms with Crippen molar-refractivity contribution in [3.05, 3.63) is 58.6 Å². The van der Waals surface area contributed by atoms with Crippen molar-refractivity contribution in [2.45, 2.75) is 11.4 Å². The van der Waals surface area contributed by atoms with Crippen molar-refractivity contribution < 1.29 is 8.42 Å². The van der Waals surface area contributed by atoms with Crippen LogP contribution in [0.4, 0.5) is 5.69 Å². The fourth-order valence-corrected chi connectivity index (χ4v) is 4.26. The molecule has 4 nitrogen and oxygen atoms in total. The summed E-state index contributed by atoms with van der Waals surface area (Å²) >= 11 is 3.33. The van der Waals surface area contributed by atoms with Crippen molar-refractivity contribution in [2.75, 3.05) is 30.3 Å². The second kappa shape index (κ2) is 8.34. The number of para-hydroxylation sites is 1. The highest BCUT2D eigenvalue weighted by molar-refractivity contribution is 9.10. The topological polar surface area (TPSA) is 49.4 Å². The van der Waals surface area contributed by atoms with Crippen LogP contribution >= 0.6 is 28.3 Å². The van der Waals surface area contributed by atoms with Gasteiger partial charge in [-0.1, -0.05) is 34.1 Å². The summed E-state index contributed by atoms with van der Waals surface area (Å²) in [6.45, 7) is 2.99. The molecule has 0 amide bonds. The van der Waals surface area contributed by atoms with E-state index < -0.39 is 9.84 Å². The Kier molecular flexibility index (Phi) is 6.69. The zero-order chi connectivity index (χ0) is 16.3. The molecule has 0 aromatic heterocycles. The molecule has 0 atom stereocenters. The van der Waals surface area contributed by atoms with E-state index in [1.165, 1.54) is 5.56 Å². The third-order valence-electron chi connectivity index (χ3n) is 4.01. The Bertz CT molecular complexity index is 781. The van der Waals surface area contributed by atoms with Crippen LogP contribution in [-0.2, 0) is 16.4 Å². The van der Waals surface area contributed by atoms with Crippen LogP contribution in [0.2, 0.25) is 0 Å². The molecule has 0 saturated carbocycles. The number of hydrogen-bond donors (Lipinski definition) is 1. The summed E-state index contributed by atoms with van der Waals surface area (Å²) < 4.78 is 25.9. The second-order valence-corrected chi connectivity index (χ2v) is 8.59. The Balaban J connectivity index is 0.00000208. The van der Waals surface area contributed by atoms with Gasteiger partial charge in [0.25, 0.3) is 0 Å². The average molecular weight is 432 g/mol. The lowest BCUT2D eigenvalue weighted by Gasteiger charge is -2.24. The number of rotatable bonds is 4. The van der Waals surface area contributed by atoms with E-state index in [-0.39, 0.29) is 18.2 Å². The molecule has 0 saturated heterocycles. The number of nitrogens with one attached hydrogen (secondary N) is 1. The fraction of sp³-hybridized carbons (Fsp3) is 0.294. The molecule has 0 bridgehead atoms. The highest BCUT2D eigenvalue weighted by Gasteiger charge is 2.19. The fourth-order valence-electron chi connectivity index (χ4n) is 2.75. The van der Waals surface area contributed by atoms with Gasteiger partial charge in [0, 0.05) is 36.3 Å². The van der Waals surface area contributed by atoms with E-state index in [9.17, 15) is 8.42 Å². The molecular weight excluding hydrogens is 412 g/mol. The smallest absolute Gasteiger partial charge is 0.180 e. The van der Waals surface area contributed by atoms with Crippen LogP contribution < -0.4 is 10.2 Å². The van der Waals surface area contributed by atoms with Crippen molar-refractivity contribution in [1.29, 1.82) is 0 Å². The van der Waals surface area contributed by atoms with E-state index in [0.29, 0.717) is 11.4 Å². The van der Waals surface area contributed by atoms with Gasteiger partial charge in [-0.05, 0) is 35.9 Å². The molecule has 2 aromatic carbocycles. The second-order valence-electron chi connectivity index (χ2n) is 5.57. The van der Waals surface area contributed by atoms with Gasteiger partial charge in [0.2, 0.25) is 0 Å². The summed E-state index contributed by atoms with van der Waals surface area (Å²) in [6.07, 6.45) is 0. The standard InChI is InChI=1S/C17H19BrN2O2S.ClH/c18-15-5-7-16(8-6-15)23(21,22)12-11-20-10-9-19-13-14-3-1-2-4-17(14)20;/h1-8,19H,9-13H2;1H. The predicted molar refractivity (Wildman–Crippen MR) is 104 cm³/mol. The summed E-state index contributed by atoms with van der Waals surface area (Å²) in [5, 5.41) is 3.37. The molecule has 0 unspecified atom stereocenters. The van der Waals surface area contributed by atoms with Crippen molar-refractivity contribution in [1.82, 2.24) is 5.32 Å². The van der Waals surface area contributed by atoms with Crippen LogP contribution in [0.3, 0.4) is 0 Å². The summed E-state index contributed by atoms with van der Waals surface area (Å²) in [7, 11) is -3.27. The van der Waals surface area contributed by atoms with Crippen LogP contribution in [0.5, 0.6) is 0 Å². The molecule has 1 aliphatic heterocycles. The SMILES string of the molecule is Cl.O=S(=O)(CCN1CCNCc2ccccc21)c1ccc(Br)cc1. The Morgan fingerprint density at radius 2 is 1.79 bits per heavy atom. The average Bonchev–Trinajstić information content (AvgIpc) is 2.76. The Hall–Kier alpha value is -1.08. The van der Waals surface area contributed by atoms with Crippen molar-refractivity contribution in [3.63, 3.8) is 0 Å². The van der Waals surface area contributed by atoms with Crippen molar-refractivity contribution in [2.24, 2.45) is 0 Å². The van der Waals surface area contributed by atoms with Gasteiger partial charge in [0.1, 0.15) is 0 Å². The summed E-state index contributed by atoms with van der Waals surface area (Å²) in [5.41, 5.74) is 2.34.